The quantitative estimate of drug-likeness (QED) is 0.189. The normalized spacial score (nSPS) is 21.1. The lowest BCUT2D eigenvalue weighted by Crippen LogP contribution is -2.42. The van der Waals surface area contributed by atoms with Gasteiger partial charge in [0, 0.05) is 38.5 Å². The lowest BCUT2D eigenvalue weighted by molar-refractivity contribution is -0.179. The van der Waals surface area contributed by atoms with Crippen molar-refractivity contribution < 1.29 is 47.5 Å². The van der Waals surface area contributed by atoms with Gasteiger partial charge in [-0.3, -0.25) is 14.5 Å². The lowest BCUT2D eigenvalue weighted by atomic mass is 9.82. The third-order valence-corrected chi connectivity index (χ3v) is 8.82. The first kappa shape index (κ1) is 34.3. The summed E-state index contributed by atoms with van der Waals surface area (Å²) < 4.78 is 37.9. The molecule has 256 valence electrons. The number of unbranched alkanes of at least 4 members (excludes halogenated alkanes) is 2. The van der Waals surface area contributed by atoms with E-state index in [9.17, 15) is 14.4 Å². The third-order valence-electron chi connectivity index (χ3n) is 8.82. The number of benzene rings is 2. The highest BCUT2D eigenvalue weighted by Crippen LogP contribution is 2.48. The molecule has 0 bridgehead atoms. The van der Waals surface area contributed by atoms with E-state index in [0.717, 1.165) is 36.8 Å². The Morgan fingerprint density at radius 1 is 0.936 bits per heavy atom. The van der Waals surface area contributed by atoms with Crippen LogP contribution in [0, 0.1) is 5.92 Å². The van der Waals surface area contributed by atoms with Crippen molar-refractivity contribution in [1.29, 1.82) is 0 Å². The molecule has 0 saturated carbocycles. The summed E-state index contributed by atoms with van der Waals surface area (Å²) in [4.78, 5) is 44.4. The van der Waals surface area contributed by atoms with E-state index in [1.807, 2.05) is 47.4 Å². The Labute approximate surface area is 276 Å². The second-order valence-electron chi connectivity index (χ2n) is 12.1. The van der Waals surface area contributed by atoms with Crippen LogP contribution >= 0.6 is 0 Å². The number of methoxy groups -OCH3 is 1. The van der Waals surface area contributed by atoms with Crippen LogP contribution in [-0.2, 0) is 28.5 Å². The summed E-state index contributed by atoms with van der Waals surface area (Å²) in [6.07, 6.45) is 1.28. The van der Waals surface area contributed by atoms with Crippen molar-refractivity contribution in [2.45, 2.75) is 70.8 Å². The van der Waals surface area contributed by atoms with E-state index in [1.54, 1.807) is 7.11 Å². The van der Waals surface area contributed by atoms with Crippen molar-refractivity contribution >= 4 is 18.0 Å². The zero-order valence-corrected chi connectivity index (χ0v) is 27.7. The molecule has 2 aromatic rings. The summed E-state index contributed by atoms with van der Waals surface area (Å²) >= 11 is 0. The third kappa shape index (κ3) is 8.47. The lowest BCUT2D eigenvalue weighted by Gasteiger charge is -2.31. The molecule has 3 heterocycles. The van der Waals surface area contributed by atoms with Crippen LogP contribution in [-0.4, -0.2) is 93.5 Å². The van der Waals surface area contributed by atoms with E-state index >= 15 is 0 Å². The van der Waals surface area contributed by atoms with Crippen LogP contribution in [0.5, 0.6) is 17.2 Å². The molecule has 0 aromatic heterocycles. The molecular formula is C35H46N2O10. The second-order valence-corrected chi connectivity index (χ2v) is 12.1. The maximum absolute atomic E-state index is 14.2. The number of esters is 1. The van der Waals surface area contributed by atoms with Gasteiger partial charge in [-0.15, -0.1) is 0 Å². The van der Waals surface area contributed by atoms with E-state index in [0.29, 0.717) is 50.1 Å². The highest BCUT2D eigenvalue weighted by molar-refractivity contribution is 5.80. The number of hydrogen-bond donors (Lipinski definition) is 0. The van der Waals surface area contributed by atoms with Gasteiger partial charge in [0.15, 0.2) is 17.6 Å². The van der Waals surface area contributed by atoms with Crippen LogP contribution in [0.15, 0.2) is 42.5 Å². The van der Waals surface area contributed by atoms with Gasteiger partial charge in [-0.25, -0.2) is 4.79 Å². The van der Waals surface area contributed by atoms with Crippen molar-refractivity contribution in [3.05, 3.63) is 53.6 Å². The molecule has 0 radical (unpaired) electrons. The molecule has 2 saturated heterocycles. The Morgan fingerprint density at radius 2 is 1.62 bits per heavy atom. The summed E-state index contributed by atoms with van der Waals surface area (Å²) in [5.74, 6) is 0.192. The fourth-order valence-electron chi connectivity index (χ4n) is 6.24. The fraction of sp³-hybridized carbons (Fsp3) is 0.571. The smallest absolute Gasteiger partial charge is 0.497 e. The molecule has 2 aromatic carbocycles. The second kappa shape index (κ2) is 16.2. The number of amides is 1. The molecule has 0 aliphatic carbocycles. The van der Waals surface area contributed by atoms with Crippen molar-refractivity contribution in [1.82, 2.24) is 9.80 Å². The average Bonchev–Trinajstić information content (AvgIpc) is 3.67. The molecule has 12 nitrogen and oxygen atoms in total. The van der Waals surface area contributed by atoms with Crippen molar-refractivity contribution in [2.75, 3.05) is 53.3 Å². The van der Waals surface area contributed by atoms with Gasteiger partial charge in [0.1, 0.15) is 5.75 Å². The molecule has 0 spiro atoms. The van der Waals surface area contributed by atoms with Gasteiger partial charge < -0.3 is 38.1 Å². The van der Waals surface area contributed by atoms with Gasteiger partial charge in [0.25, 0.3) is 0 Å². The molecule has 3 aliphatic rings. The van der Waals surface area contributed by atoms with Crippen LogP contribution in [0.2, 0.25) is 0 Å². The number of carbonyl (C=O) groups is 3. The predicted molar refractivity (Wildman–Crippen MR) is 170 cm³/mol. The molecule has 0 N–H and O–H groups in total. The predicted octanol–water partition coefficient (Wildman–Crippen LogP) is 5.05. The Balaban J connectivity index is 1.46. The van der Waals surface area contributed by atoms with Gasteiger partial charge in [-0.1, -0.05) is 44.9 Å². The molecule has 1 unspecified atom stereocenters. The SMILES string of the molecule is CCCCN(CCCC)C(=O)CN1C[C@H](c2ccc3c(c2)OCO3)[C@@H](C(=O)OC(C)OC(=O)OC2COC2)[C@@H]1c1ccc(OC)cc1. The molecule has 47 heavy (non-hydrogen) atoms. The molecule has 5 rings (SSSR count). The summed E-state index contributed by atoms with van der Waals surface area (Å²) in [6.45, 7) is 8.31. The zero-order chi connectivity index (χ0) is 33.3. The Hall–Kier alpha value is -4.03. The minimum absolute atomic E-state index is 0.0169. The number of fused-ring (bicyclic) bond motifs is 1. The van der Waals surface area contributed by atoms with Gasteiger partial charge in [-0.05, 0) is 48.2 Å². The number of ether oxygens (including phenoxy) is 7. The molecule has 1 amide bonds. The minimum atomic E-state index is -1.21. The van der Waals surface area contributed by atoms with Crippen LogP contribution in [0.1, 0.15) is 69.5 Å². The largest absolute Gasteiger partial charge is 0.511 e. The standard InChI is InChI=1S/C35H46N2O10/c1-5-7-15-36(16-8-6-2)31(38)19-37-18-28(25-11-14-29-30(17-25)44-22-43-29)32(33(37)24-9-12-26(41-4)13-10-24)34(39)45-23(3)46-35(40)47-27-20-42-21-27/h9-14,17,23,27-28,32-33H,5-8,15-16,18-22H2,1-4H3/t23?,28-,32-,33+/m1/s1. The van der Waals surface area contributed by atoms with E-state index in [1.165, 1.54) is 6.92 Å². The van der Waals surface area contributed by atoms with Crippen molar-refractivity contribution in [3.8, 4) is 17.2 Å². The van der Waals surface area contributed by atoms with E-state index < -0.39 is 30.4 Å². The Kier molecular flexibility index (Phi) is 11.8. The summed E-state index contributed by atoms with van der Waals surface area (Å²) in [6, 6.07) is 12.6. The van der Waals surface area contributed by atoms with Gasteiger partial charge in [-0.2, -0.15) is 0 Å². The molecule has 3 aliphatic heterocycles. The topological polar surface area (TPSA) is 122 Å². The van der Waals surface area contributed by atoms with Crippen LogP contribution in [0.25, 0.3) is 0 Å². The van der Waals surface area contributed by atoms with E-state index in [-0.39, 0.29) is 31.3 Å². The highest BCUT2D eigenvalue weighted by Gasteiger charge is 2.49. The molecule has 2 fully saturated rings. The first-order valence-corrected chi connectivity index (χ1v) is 16.5. The number of hydrogen-bond acceptors (Lipinski definition) is 11. The van der Waals surface area contributed by atoms with Crippen LogP contribution in [0.3, 0.4) is 0 Å². The number of nitrogens with zero attached hydrogens (tertiary/aromatic N) is 2. The van der Waals surface area contributed by atoms with Crippen LogP contribution < -0.4 is 14.2 Å². The number of carbonyl (C=O) groups excluding carboxylic acids is 3. The monoisotopic (exact) mass is 654 g/mol. The zero-order valence-electron chi connectivity index (χ0n) is 27.7. The van der Waals surface area contributed by atoms with Crippen LogP contribution in [0.4, 0.5) is 4.79 Å². The summed E-state index contributed by atoms with van der Waals surface area (Å²) in [7, 11) is 1.59. The Bertz CT molecular complexity index is 1360. The maximum Gasteiger partial charge on any atom is 0.511 e. The highest BCUT2D eigenvalue weighted by atomic mass is 16.8. The molecule has 4 atom stereocenters. The van der Waals surface area contributed by atoms with E-state index in [2.05, 4.69) is 18.7 Å². The first-order valence-electron chi connectivity index (χ1n) is 16.5. The van der Waals surface area contributed by atoms with Crippen molar-refractivity contribution in [2.24, 2.45) is 5.92 Å². The summed E-state index contributed by atoms with van der Waals surface area (Å²) in [5.41, 5.74) is 1.67. The Morgan fingerprint density at radius 3 is 2.26 bits per heavy atom. The average molecular weight is 655 g/mol. The van der Waals surface area contributed by atoms with Gasteiger partial charge in [0.05, 0.1) is 32.8 Å². The molecular weight excluding hydrogens is 608 g/mol. The van der Waals surface area contributed by atoms with Gasteiger partial charge >= 0.3 is 12.1 Å². The van der Waals surface area contributed by atoms with Crippen molar-refractivity contribution in [3.63, 3.8) is 0 Å². The fourth-order valence-corrected chi connectivity index (χ4v) is 6.24. The number of likely N-dealkylation sites (tertiary alicyclic amines) is 1. The first-order chi connectivity index (χ1) is 22.8. The maximum atomic E-state index is 14.2. The van der Waals surface area contributed by atoms with Gasteiger partial charge in [0.2, 0.25) is 19.0 Å². The minimum Gasteiger partial charge on any atom is -0.497 e. The summed E-state index contributed by atoms with van der Waals surface area (Å²) in [5, 5.41) is 0. The van der Waals surface area contributed by atoms with E-state index in [4.69, 9.17) is 33.2 Å². The molecule has 12 heteroatoms. The number of rotatable bonds is 15.